The number of hydrogen-bond donors (Lipinski definition) is 2. The molecule has 4 aromatic rings. The number of rotatable bonds is 6. The molecule has 0 radical (unpaired) electrons. The van der Waals surface area contributed by atoms with Crippen LogP contribution in [-0.4, -0.2) is 22.1 Å². The first kappa shape index (κ1) is 18.4. The van der Waals surface area contributed by atoms with Gasteiger partial charge in [0.05, 0.1) is 6.54 Å². The monoisotopic (exact) mass is 387 g/mol. The summed E-state index contributed by atoms with van der Waals surface area (Å²) in [5.41, 5.74) is 6.27. The van der Waals surface area contributed by atoms with Crippen LogP contribution in [-0.2, 0) is 6.54 Å². The van der Waals surface area contributed by atoms with Crippen LogP contribution in [0.3, 0.4) is 0 Å². The Morgan fingerprint density at radius 1 is 1.03 bits per heavy atom. The van der Waals surface area contributed by atoms with Crippen LogP contribution in [0.25, 0.3) is 28.1 Å². The van der Waals surface area contributed by atoms with E-state index in [1.165, 1.54) is 65.7 Å². The zero-order chi connectivity index (χ0) is 19.6. The number of para-hydroxylation sites is 2. The fourth-order valence-electron chi connectivity index (χ4n) is 4.75. The Bertz CT molecular complexity index is 1100. The van der Waals surface area contributed by atoms with Crippen molar-refractivity contribution in [2.45, 2.75) is 58.0 Å². The molecule has 2 heterocycles. The Morgan fingerprint density at radius 3 is 2.66 bits per heavy atom. The van der Waals surface area contributed by atoms with Crippen LogP contribution in [0.5, 0.6) is 0 Å². The molecule has 0 amide bonds. The number of nitrogens with one attached hydrogen (secondary N) is 2. The van der Waals surface area contributed by atoms with Crippen molar-refractivity contribution in [1.29, 1.82) is 0 Å². The van der Waals surface area contributed by atoms with Gasteiger partial charge in [-0.15, -0.1) is 0 Å². The quantitative estimate of drug-likeness (QED) is 0.355. The first-order valence-electron chi connectivity index (χ1n) is 11.1. The van der Waals surface area contributed by atoms with Crippen LogP contribution >= 0.6 is 0 Å². The van der Waals surface area contributed by atoms with E-state index in [4.69, 9.17) is 0 Å². The molecule has 0 spiro atoms. The highest BCUT2D eigenvalue weighted by molar-refractivity contribution is 5.74. The molecule has 150 valence electrons. The number of fused-ring (bicyclic) bond motifs is 3. The zero-order valence-electron chi connectivity index (χ0n) is 17.3. The maximum atomic E-state index is 3.80. The van der Waals surface area contributed by atoms with E-state index >= 15 is 0 Å². The summed E-state index contributed by atoms with van der Waals surface area (Å²) in [5.74, 6) is 1.17. The van der Waals surface area contributed by atoms with Gasteiger partial charge in [0.25, 0.3) is 0 Å². The Labute approximate surface area is 172 Å². The molecule has 1 fully saturated rings. The average Bonchev–Trinajstić information content (AvgIpc) is 3.29. The minimum atomic E-state index is 0.729. The van der Waals surface area contributed by atoms with Crippen molar-refractivity contribution < 1.29 is 4.40 Å². The summed E-state index contributed by atoms with van der Waals surface area (Å²) >= 11 is 0. The molecule has 5 rings (SSSR count). The van der Waals surface area contributed by atoms with E-state index in [9.17, 15) is 0 Å². The van der Waals surface area contributed by atoms with Crippen molar-refractivity contribution in [3.63, 3.8) is 0 Å². The molecule has 29 heavy (non-hydrogen) atoms. The third-order valence-corrected chi connectivity index (χ3v) is 6.38. The lowest BCUT2D eigenvalue weighted by Crippen LogP contribution is -2.32. The zero-order valence-corrected chi connectivity index (χ0v) is 17.3. The van der Waals surface area contributed by atoms with E-state index in [-0.39, 0.29) is 0 Å². The van der Waals surface area contributed by atoms with Gasteiger partial charge in [-0.3, -0.25) is 0 Å². The summed E-state index contributed by atoms with van der Waals surface area (Å²) in [6.45, 7) is 4.24. The van der Waals surface area contributed by atoms with E-state index < -0.39 is 0 Å². The molecule has 0 bridgehead atoms. The first-order chi connectivity index (χ1) is 14.3. The summed E-state index contributed by atoms with van der Waals surface area (Å²) in [6.07, 6.45) is 10.3. The molecule has 2 aromatic heterocycles. The molecule has 2 N–H and O–H groups in total. The van der Waals surface area contributed by atoms with Crippen molar-refractivity contribution in [2.75, 3.05) is 6.54 Å². The van der Waals surface area contributed by atoms with Gasteiger partial charge in [0.1, 0.15) is 22.9 Å². The van der Waals surface area contributed by atoms with E-state index in [1.807, 2.05) is 0 Å². The van der Waals surface area contributed by atoms with Crippen molar-refractivity contribution in [3.05, 3.63) is 60.3 Å². The Morgan fingerprint density at radius 2 is 1.83 bits per heavy atom. The van der Waals surface area contributed by atoms with Crippen LogP contribution in [0.1, 0.15) is 44.1 Å². The molecular formula is C25H31N4+. The first-order valence-corrected chi connectivity index (χ1v) is 11.1. The second kappa shape index (κ2) is 8.03. The summed E-state index contributed by atoms with van der Waals surface area (Å²) in [7, 11) is 0. The van der Waals surface area contributed by atoms with Crippen molar-refractivity contribution >= 4 is 16.8 Å². The van der Waals surface area contributed by atoms with Gasteiger partial charge in [0.15, 0.2) is 0 Å². The smallest absolute Gasteiger partial charge is 0.314 e. The number of aryl methyl sites for hydroxylation is 2. The molecule has 2 aromatic carbocycles. The van der Waals surface area contributed by atoms with Crippen molar-refractivity contribution in [3.8, 4) is 11.3 Å². The number of aromatic amines is 1. The van der Waals surface area contributed by atoms with E-state index in [0.29, 0.717) is 0 Å². The number of imidazole rings is 2. The lowest BCUT2D eigenvalue weighted by Gasteiger charge is -2.22. The van der Waals surface area contributed by atoms with Crippen LogP contribution in [0.15, 0.2) is 54.7 Å². The summed E-state index contributed by atoms with van der Waals surface area (Å²) in [4.78, 5) is 3.64. The largest absolute Gasteiger partial charge is 0.368 e. The van der Waals surface area contributed by atoms with Gasteiger partial charge in [-0.25, -0.2) is 9.55 Å². The third kappa shape index (κ3) is 3.69. The number of aromatic nitrogens is 3. The molecule has 4 heteroatoms. The van der Waals surface area contributed by atoms with E-state index in [0.717, 1.165) is 25.6 Å². The molecule has 0 saturated heterocycles. The highest BCUT2D eigenvalue weighted by atomic mass is 15.2. The number of nitrogens with zero attached hydrogens (tertiary/aromatic N) is 2. The van der Waals surface area contributed by atoms with Gasteiger partial charge in [0.2, 0.25) is 0 Å². The van der Waals surface area contributed by atoms with Gasteiger partial charge >= 0.3 is 5.78 Å². The third-order valence-electron chi connectivity index (χ3n) is 6.38. The topological polar surface area (TPSA) is 36.9 Å². The normalized spacial score (nSPS) is 15.5. The summed E-state index contributed by atoms with van der Waals surface area (Å²) in [5, 5.41) is 3.80. The van der Waals surface area contributed by atoms with Gasteiger partial charge in [-0.1, -0.05) is 61.2 Å². The van der Waals surface area contributed by atoms with Gasteiger partial charge < -0.3 is 5.32 Å². The van der Waals surface area contributed by atoms with Gasteiger partial charge in [0, 0.05) is 11.6 Å². The fourth-order valence-corrected chi connectivity index (χ4v) is 4.75. The van der Waals surface area contributed by atoms with Crippen LogP contribution in [0.2, 0.25) is 0 Å². The Balaban J connectivity index is 1.44. The lowest BCUT2D eigenvalue weighted by molar-refractivity contribution is -0.479. The maximum Gasteiger partial charge on any atom is 0.368 e. The lowest BCUT2D eigenvalue weighted by atomic mass is 9.95. The number of hydrogen-bond acceptors (Lipinski definition) is 1. The van der Waals surface area contributed by atoms with Gasteiger partial charge in [-0.05, 0) is 44.9 Å². The molecular weight excluding hydrogens is 356 g/mol. The molecule has 4 nitrogen and oxygen atoms in total. The van der Waals surface area contributed by atoms with Crippen molar-refractivity contribution in [1.82, 2.24) is 14.9 Å². The highest BCUT2D eigenvalue weighted by Crippen LogP contribution is 2.23. The second-order valence-corrected chi connectivity index (χ2v) is 8.51. The standard InChI is InChI=1S/C25H30N4/c1-19-12-14-20(15-13-19)24-18-29-23-11-6-5-10-22(23)27-25(29)28(24)17-7-16-26-21-8-3-2-4-9-21/h5-6,10-15,18,21,26H,2-4,7-9,16-17H2,1H3/p+1. The van der Waals surface area contributed by atoms with E-state index in [2.05, 4.69) is 80.9 Å². The summed E-state index contributed by atoms with van der Waals surface area (Å²) < 4.78 is 4.76. The molecule has 1 aliphatic rings. The predicted octanol–water partition coefficient (Wildman–Crippen LogP) is 5.00. The SMILES string of the molecule is Cc1ccc(-c2c[n+]3c4ccccc4[nH]c3n2CCCNC2CCCCC2)cc1. The minimum absolute atomic E-state index is 0.729. The molecule has 0 atom stereocenters. The summed E-state index contributed by atoms with van der Waals surface area (Å²) in [6, 6.07) is 18.2. The average molecular weight is 388 g/mol. The Kier molecular flexibility index (Phi) is 5.11. The van der Waals surface area contributed by atoms with Crippen LogP contribution < -0.4 is 9.72 Å². The molecule has 1 aliphatic carbocycles. The van der Waals surface area contributed by atoms with Gasteiger partial charge in [-0.2, -0.15) is 4.40 Å². The fraction of sp³-hybridized carbons (Fsp3) is 0.400. The molecule has 1 saturated carbocycles. The van der Waals surface area contributed by atoms with E-state index in [1.54, 1.807) is 0 Å². The highest BCUT2D eigenvalue weighted by Gasteiger charge is 2.22. The van der Waals surface area contributed by atoms with Crippen LogP contribution in [0.4, 0.5) is 0 Å². The Hall–Kier alpha value is -2.59. The predicted molar refractivity (Wildman–Crippen MR) is 119 cm³/mol. The second-order valence-electron chi connectivity index (χ2n) is 8.51. The van der Waals surface area contributed by atoms with Crippen molar-refractivity contribution in [2.24, 2.45) is 0 Å². The minimum Gasteiger partial charge on any atom is -0.314 e. The maximum absolute atomic E-state index is 3.80. The molecule has 0 unspecified atom stereocenters. The number of H-pyrrole nitrogens is 1. The number of benzene rings is 2. The molecule has 0 aliphatic heterocycles. The van der Waals surface area contributed by atoms with Crippen LogP contribution in [0, 0.1) is 6.92 Å².